The van der Waals surface area contributed by atoms with Crippen LogP contribution in [-0.2, 0) is 17.8 Å². The van der Waals surface area contributed by atoms with E-state index in [2.05, 4.69) is 17.3 Å². The summed E-state index contributed by atoms with van der Waals surface area (Å²) >= 11 is 0. The normalized spacial score (nSPS) is 10.4. The molecule has 0 saturated heterocycles. The summed E-state index contributed by atoms with van der Waals surface area (Å²) in [6.07, 6.45) is 2.83. The molecular weight excluding hydrogens is 266 g/mol. The number of aryl methyl sites for hydroxylation is 1. The van der Waals surface area contributed by atoms with E-state index in [9.17, 15) is 4.79 Å². The second kappa shape index (κ2) is 7.47. The molecule has 5 heteroatoms. The van der Waals surface area contributed by atoms with Gasteiger partial charge in [-0.1, -0.05) is 19.1 Å². The number of hydrogen-bond acceptors (Lipinski definition) is 4. The first kappa shape index (κ1) is 15.1. The highest BCUT2D eigenvalue weighted by molar-refractivity contribution is 5.95. The lowest BCUT2D eigenvalue weighted by Crippen LogP contribution is -2.12. The van der Waals surface area contributed by atoms with Gasteiger partial charge in [0.25, 0.3) is 0 Å². The highest BCUT2D eigenvalue weighted by Gasteiger charge is 2.12. The maximum atomic E-state index is 11.9. The van der Waals surface area contributed by atoms with Crippen molar-refractivity contribution in [3.05, 3.63) is 47.8 Å². The summed E-state index contributed by atoms with van der Waals surface area (Å²) in [4.78, 5) is 11.9. The summed E-state index contributed by atoms with van der Waals surface area (Å²) in [5.74, 6) is -0.303. The van der Waals surface area contributed by atoms with Gasteiger partial charge in [0.1, 0.15) is 0 Å². The van der Waals surface area contributed by atoms with Crippen LogP contribution in [0.5, 0.6) is 0 Å². The largest absolute Gasteiger partial charge is 0.462 e. The van der Waals surface area contributed by atoms with E-state index in [1.165, 1.54) is 0 Å². The zero-order valence-corrected chi connectivity index (χ0v) is 12.5. The first-order valence-corrected chi connectivity index (χ1v) is 7.27. The fourth-order valence-electron chi connectivity index (χ4n) is 2.13. The number of para-hydroxylation sites is 1. The molecule has 1 aromatic heterocycles. The van der Waals surface area contributed by atoms with Crippen molar-refractivity contribution in [3.8, 4) is 0 Å². The first-order valence-electron chi connectivity index (χ1n) is 7.27. The number of benzene rings is 1. The lowest BCUT2D eigenvalue weighted by atomic mass is 10.2. The Labute approximate surface area is 124 Å². The minimum atomic E-state index is -0.303. The van der Waals surface area contributed by atoms with Gasteiger partial charge in [-0.2, -0.15) is 5.10 Å². The van der Waals surface area contributed by atoms with E-state index in [-0.39, 0.29) is 5.97 Å². The van der Waals surface area contributed by atoms with Gasteiger partial charge >= 0.3 is 5.97 Å². The molecule has 0 bridgehead atoms. The summed E-state index contributed by atoms with van der Waals surface area (Å²) < 4.78 is 7.04. The maximum Gasteiger partial charge on any atom is 0.340 e. The van der Waals surface area contributed by atoms with Crippen LogP contribution in [0.25, 0.3) is 0 Å². The van der Waals surface area contributed by atoms with Crippen LogP contribution in [0.2, 0.25) is 0 Å². The van der Waals surface area contributed by atoms with Gasteiger partial charge in [-0.05, 0) is 31.5 Å². The number of ether oxygens (including phenoxy) is 1. The summed E-state index contributed by atoms with van der Waals surface area (Å²) in [6, 6.07) is 9.36. The Hall–Kier alpha value is -2.30. The van der Waals surface area contributed by atoms with Crippen molar-refractivity contribution < 1.29 is 9.53 Å². The van der Waals surface area contributed by atoms with Crippen molar-refractivity contribution in [2.24, 2.45) is 0 Å². The molecule has 112 valence electrons. The highest BCUT2D eigenvalue weighted by atomic mass is 16.5. The predicted octanol–water partition coefficient (Wildman–Crippen LogP) is 3.08. The zero-order chi connectivity index (χ0) is 15.1. The maximum absolute atomic E-state index is 11.9. The van der Waals surface area contributed by atoms with Crippen molar-refractivity contribution in [2.45, 2.75) is 33.4 Å². The molecule has 21 heavy (non-hydrogen) atoms. The Bertz CT molecular complexity index is 593. The van der Waals surface area contributed by atoms with Gasteiger partial charge < -0.3 is 10.1 Å². The Morgan fingerprint density at radius 1 is 1.29 bits per heavy atom. The molecule has 0 saturated carbocycles. The van der Waals surface area contributed by atoms with Crippen LogP contribution < -0.4 is 5.32 Å². The summed E-state index contributed by atoms with van der Waals surface area (Å²) in [5.41, 5.74) is 2.43. The number of aromatic nitrogens is 2. The SMILES string of the molecule is CCCn1nccc1CNc1ccccc1C(=O)OCC. The van der Waals surface area contributed by atoms with Crippen LogP contribution in [0.1, 0.15) is 36.3 Å². The predicted molar refractivity (Wildman–Crippen MR) is 82.2 cm³/mol. The van der Waals surface area contributed by atoms with Gasteiger partial charge in [-0.3, -0.25) is 4.68 Å². The molecule has 5 nitrogen and oxygen atoms in total. The minimum absolute atomic E-state index is 0.303. The van der Waals surface area contributed by atoms with Crippen molar-refractivity contribution in [2.75, 3.05) is 11.9 Å². The monoisotopic (exact) mass is 287 g/mol. The summed E-state index contributed by atoms with van der Waals surface area (Å²) in [7, 11) is 0. The van der Waals surface area contributed by atoms with E-state index >= 15 is 0 Å². The van der Waals surface area contributed by atoms with E-state index in [0.717, 1.165) is 24.3 Å². The third-order valence-corrected chi connectivity index (χ3v) is 3.12. The van der Waals surface area contributed by atoms with Crippen molar-refractivity contribution in [1.29, 1.82) is 0 Å². The van der Waals surface area contributed by atoms with Crippen molar-refractivity contribution in [3.63, 3.8) is 0 Å². The lowest BCUT2D eigenvalue weighted by molar-refractivity contribution is 0.0527. The van der Waals surface area contributed by atoms with Crippen LogP contribution in [0, 0.1) is 0 Å². The fourth-order valence-corrected chi connectivity index (χ4v) is 2.13. The number of carbonyl (C=O) groups excluding carboxylic acids is 1. The standard InChI is InChI=1S/C16H21N3O2/c1-3-11-19-13(9-10-18-19)12-17-15-8-6-5-7-14(15)16(20)21-4-2/h5-10,17H,3-4,11-12H2,1-2H3. The van der Waals surface area contributed by atoms with Crippen LogP contribution in [-0.4, -0.2) is 22.4 Å². The van der Waals surface area contributed by atoms with Gasteiger partial charge in [0.05, 0.1) is 24.4 Å². The molecule has 0 radical (unpaired) electrons. The molecule has 2 rings (SSSR count). The molecule has 0 amide bonds. The quantitative estimate of drug-likeness (QED) is 0.795. The molecule has 0 fully saturated rings. The number of anilines is 1. The Morgan fingerprint density at radius 2 is 2.10 bits per heavy atom. The Balaban J connectivity index is 2.09. The summed E-state index contributed by atoms with van der Waals surface area (Å²) in [5, 5.41) is 7.58. The molecule has 2 aromatic rings. The fraction of sp³-hybridized carbons (Fsp3) is 0.375. The molecule has 0 aliphatic rings. The molecule has 0 aliphatic carbocycles. The number of nitrogens with zero attached hydrogens (tertiary/aromatic N) is 2. The molecule has 1 aromatic carbocycles. The molecular formula is C16H21N3O2. The molecule has 0 spiro atoms. The van der Waals surface area contributed by atoms with Crippen LogP contribution in [0.3, 0.4) is 0 Å². The van der Waals surface area contributed by atoms with Gasteiger partial charge in [-0.15, -0.1) is 0 Å². The van der Waals surface area contributed by atoms with Crippen LogP contribution in [0.4, 0.5) is 5.69 Å². The van der Waals surface area contributed by atoms with E-state index in [1.54, 1.807) is 19.2 Å². The molecule has 0 unspecified atom stereocenters. The van der Waals surface area contributed by atoms with Crippen molar-refractivity contribution in [1.82, 2.24) is 9.78 Å². The minimum Gasteiger partial charge on any atom is -0.462 e. The average Bonchev–Trinajstić information content (AvgIpc) is 2.93. The van der Waals surface area contributed by atoms with Gasteiger partial charge in [0, 0.05) is 18.4 Å². The number of rotatable bonds is 7. The second-order valence-corrected chi connectivity index (χ2v) is 4.67. The Morgan fingerprint density at radius 3 is 2.86 bits per heavy atom. The number of hydrogen-bond donors (Lipinski definition) is 1. The molecule has 0 atom stereocenters. The van der Waals surface area contributed by atoms with Crippen molar-refractivity contribution >= 4 is 11.7 Å². The van der Waals surface area contributed by atoms with Crippen LogP contribution >= 0.6 is 0 Å². The third kappa shape index (κ3) is 3.84. The number of carbonyl (C=O) groups is 1. The van der Waals surface area contributed by atoms with Gasteiger partial charge in [0.15, 0.2) is 0 Å². The average molecular weight is 287 g/mol. The Kier molecular flexibility index (Phi) is 5.37. The zero-order valence-electron chi connectivity index (χ0n) is 12.5. The number of nitrogens with one attached hydrogen (secondary N) is 1. The van der Waals surface area contributed by atoms with Gasteiger partial charge in [-0.25, -0.2) is 4.79 Å². The second-order valence-electron chi connectivity index (χ2n) is 4.67. The number of esters is 1. The first-order chi connectivity index (χ1) is 10.3. The lowest BCUT2D eigenvalue weighted by Gasteiger charge is -2.12. The third-order valence-electron chi connectivity index (χ3n) is 3.12. The smallest absolute Gasteiger partial charge is 0.340 e. The van der Waals surface area contributed by atoms with E-state index in [1.807, 2.05) is 28.9 Å². The van der Waals surface area contributed by atoms with E-state index in [4.69, 9.17) is 4.74 Å². The van der Waals surface area contributed by atoms with Gasteiger partial charge in [0.2, 0.25) is 0 Å². The highest BCUT2D eigenvalue weighted by Crippen LogP contribution is 2.17. The molecule has 0 aliphatic heterocycles. The van der Waals surface area contributed by atoms with Crippen LogP contribution in [0.15, 0.2) is 36.5 Å². The van der Waals surface area contributed by atoms with E-state index in [0.29, 0.717) is 18.7 Å². The summed E-state index contributed by atoms with van der Waals surface area (Å²) in [6.45, 7) is 5.81. The topological polar surface area (TPSA) is 56.2 Å². The van der Waals surface area contributed by atoms with E-state index < -0.39 is 0 Å². The molecule has 1 heterocycles. The molecule has 1 N–H and O–H groups in total.